The molecule has 1 N–H and O–H groups in total. The molecule has 3 heteroatoms. The molecule has 1 heterocycles. The molecule has 0 spiro atoms. The van der Waals surface area contributed by atoms with Crippen molar-refractivity contribution in [2.24, 2.45) is 0 Å². The largest absolute Gasteiger partial charge is 0.459 e. The lowest BCUT2D eigenvalue weighted by atomic mass is 9.97. The number of rotatable bonds is 2. The minimum Gasteiger partial charge on any atom is -0.459 e. The van der Waals surface area contributed by atoms with Crippen molar-refractivity contribution in [2.75, 3.05) is 0 Å². The monoisotopic (exact) mass is 233 g/mol. The van der Waals surface area contributed by atoms with Gasteiger partial charge in [-0.1, -0.05) is 30.3 Å². The minimum atomic E-state index is -0.432. The summed E-state index contributed by atoms with van der Waals surface area (Å²) >= 11 is 0. The zero-order valence-electron chi connectivity index (χ0n) is 10.8. The van der Waals surface area contributed by atoms with Crippen LogP contribution in [0.4, 0.5) is 0 Å². The van der Waals surface area contributed by atoms with Gasteiger partial charge < -0.3 is 4.74 Å². The van der Waals surface area contributed by atoms with Crippen LogP contribution in [0.15, 0.2) is 30.3 Å². The van der Waals surface area contributed by atoms with E-state index in [9.17, 15) is 4.79 Å². The molecular formula is C14H19NO2. The predicted octanol–water partition coefficient (Wildman–Crippen LogP) is 2.22. The maximum absolute atomic E-state index is 11.9. The number of nitrogens with one attached hydrogen (secondary N) is 1. The highest BCUT2D eigenvalue weighted by Crippen LogP contribution is 2.38. The van der Waals surface area contributed by atoms with Gasteiger partial charge in [-0.05, 0) is 33.3 Å². The summed E-state index contributed by atoms with van der Waals surface area (Å²) in [6.07, 6.45) is 0. The molecule has 1 aliphatic heterocycles. The molecule has 17 heavy (non-hydrogen) atoms. The van der Waals surface area contributed by atoms with Crippen LogP contribution in [0.2, 0.25) is 0 Å². The van der Waals surface area contributed by atoms with Gasteiger partial charge in [-0.3, -0.25) is 10.1 Å². The summed E-state index contributed by atoms with van der Waals surface area (Å²) in [7, 11) is 0. The first-order valence-electron chi connectivity index (χ1n) is 5.89. The van der Waals surface area contributed by atoms with Crippen LogP contribution in [0.25, 0.3) is 0 Å². The van der Waals surface area contributed by atoms with Gasteiger partial charge in [-0.25, -0.2) is 0 Å². The van der Waals surface area contributed by atoms with Gasteiger partial charge >= 0.3 is 5.97 Å². The molecule has 1 fully saturated rings. The number of hydrogen-bond donors (Lipinski definition) is 1. The Morgan fingerprint density at radius 2 is 1.88 bits per heavy atom. The maximum atomic E-state index is 11.9. The average Bonchev–Trinajstić information content (AvgIpc) is 2.92. The van der Waals surface area contributed by atoms with Crippen molar-refractivity contribution in [1.29, 1.82) is 0 Å². The summed E-state index contributed by atoms with van der Waals surface area (Å²) in [4.78, 5) is 11.9. The molecule has 2 atom stereocenters. The second-order valence-corrected chi connectivity index (χ2v) is 5.68. The van der Waals surface area contributed by atoms with E-state index in [1.54, 1.807) is 0 Å². The molecule has 0 unspecified atom stereocenters. The van der Waals surface area contributed by atoms with Crippen LogP contribution in [-0.4, -0.2) is 17.6 Å². The third kappa shape index (κ3) is 2.50. The van der Waals surface area contributed by atoms with E-state index in [2.05, 4.69) is 5.32 Å². The summed E-state index contributed by atoms with van der Waals surface area (Å²) in [6.45, 7) is 7.67. The van der Waals surface area contributed by atoms with Crippen molar-refractivity contribution in [3.8, 4) is 0 Å². The van der Waals surface area contributed by atoms with Crippen LogP contribution in [0.5, 0.6) is 0 Å². The summed E-state index contributed by atoms with van der Waals surface area (Å²) in [5.74, 6) is -0.177. The van der Waals surface area contributed by atoms with Crippen LogP contribution in [0.1, 0.15) is 33.3 Å². The lowest BCUT2D eigenvalue weighted by molar-refractivity contribution is -0.154. The fourth-order valence-corrected chi connectivity index (χ4v) is 1.95. The lowest BCUT2D eigenvalue weighted by Crippen LogP contribution is -2.29. The predicted molar refractivity (Wildman–Crippen MR) is 66.6 cm³/mol. The smallest absolute Gasteiger partial charge is 0.325 e. The molecule has 1 aromatic rings. The van der Waals surface area contributed by atoms with Crippen molar-refractivity contribution in [1.82, 2.24) is 5.32 Å². The molecule has 0 amide bonds. The third-order valence-electron chi connectivity index (χ3n) is 2.95. The Labute approximate surface area is 102 Å². The Hall–Kier alpha value is -1.35. The van der Waals surface area contributed by atoms with Crippen LogP contribution < -0.4 is 5.32 Å². The normalized spacial score (nSPS) is 27.6. The Balaban J connectivity index is 2.07. The van der Waals surface area contributed by atoms with Crippen LogP contribution in [0, 0.1) is 0 Å². The second kappa shape index (κ2) is 3.84. The Morgan fingerprint density at radius 1 is 1.29 bits per heavy atom. The van der Waals surface area contributed by atoms with Crippen LogP contribution in [-0.2, 0) is 15.1 Å². The summed E-state index contributed by atoms with van der Waals surface area (Å²) in [5.41, 5.74) is 0.415. The number of esters is 1. The van der Waals surface area contributed by atoms with Gasteiger partial charge in [0, 0.05) is 0 Å². The van der Waals surface area contributed by atoms with E-state index < -0.39 is 5.60 Å². The van der Waals surface area contributed by atoms with Gasteiger partial charge in [0.15, 0.2) is 0 Å². The standard InChI is InChI=1S/C14H19NO2/c1-13(2,3)17-12(16)11-14(4,15-11)10-8-6-5-7-9-10/h5-9,11,15H,1-4H3/t11-,14-/m0/s1. The molecule has 3 nitrogen and oxygen atoms in total. The maximum Gasteiger partial charge on any atom is 0.325 e. The molecule has 1 saturated heterocycles. The van der Waals surface area contributed by atoms with Crippen molar-refractivity contribution in [2.45, 2.75) is 44.9 Å². The first-order chi connectivity index (χ1) is 7.83. The number of ether oxygens (including phenoxy) is 1. The number of hydrogen-bond acceptors (Lipinski definition) is 3. The Morgan fingerprint density at radius 3 is 2.41 bits per heavy atom. The molecule has 2 rings (SSSR count). The van der Waals surface area contributed by atoms with Crippen LogP contribution >= 0.6 is 0 Å². The molecule has 0 bridgehead atoms. The van der Waals surface area contributed by atoms with E-state index in [1.807, 2.05) is 58.0 Å². The van der Waals surface area contributed by atoms with E-state index in [0.29, 0.717) is 0 Å². The number of carbonyl (C=O) groups is 1. The molecule has 1 aliphatic rings. The van der Waals surface area contributed by atoms with E-state index in [1.165, 1.54) is 0 Å². The SMILES string of the molecule is CC(C)(C)OC(=O)[C@@H]1N[C@@]1(C)c1ccccc1. The topological polar surface area (TPSA) is 48.2 Å². The molecule has 0 radical (unpaired) electrons. The van der Waals surface area contributed by atoms with Crippen molar-refractivity contribution >= 4 is 5.97 Å². The second-order valence-electron chi connectivity index (χ2n) is 5.68. The highest BCUT2D eigenvalue weighted by Gasteiger charge is 2.56. The third-order valence-corrected chi connectivity index (χ3v) is 2.95. The number of benzene rings is 1. The molecule has 0 aliphatic carbocycles. The zero-order chi connectivity index (χ0) is 12.7. The first-order valence-corrected chi connectivity index (χ1v) is 5.89. The van der Waals surface area contributed by atoms with E-state index in [-0.39, 0.29) is 17.6 Å². The van der Waals surface area contributed by atoms with Gasteiger partial charge in [0.2, 0.25) is 0 Å². The van der Waals surface area contributed by atoms with Crippen molar-refractivity contribution < 1.29 is 9.53 Å². The molecule has 1 aromatic carbocycles. The van der Waals surface area contributed by atoms with E-state index in [4.69, 9.17) is 4.74 Å². The van der Waals surface area contributed by atoms with Gasteiger partial charge in [-0.2, -0.15) is 0 Å². The minimum absolute atomic E-state index is 0.177. The molecule has 0 aromatic heterocycles. The molecular weight excluding hydrogens is 214 g/mol. The van der Waals surface area contributed by atoms with Crippen LogP contribution in [0.3, 0.4) is 0 Å². The van der Waals surface area contributed by atoms with Gasteiger partial charge in [-0.15, -0.1) is 0 Å². The molecule has 92 valence electrons. The highest BCUT2D eigenvalue weighted by atomic mass is 16.6. The summed E-state index contributed by atoms with van der Waals surface area (Å²) < 4.78 is 5.38. The summed E-state index contributed by atoms with van der Waals surface area (Å²) in [6, 6.07) is 9.75. The quantitative estimate of drug-likeness (QED) is 0.629. The fourth-order valence-electron chi connectivity index (χ4n) is 1.95. The number of carbonyl (C=O) groups excluding carboxylic acids is 1. The first kappa shape index (κ1) is 12.1. The molecule has 0 saturated carbocycles. The van der Waals surface area contributed by atoms with Gasteiger partial charge in [0.25, 0.3) is 0 Å². The van der Waals surface area contributed by atoms with Crippen molar-refractivity contribution in [3.63, 3.8) is 0 Å². The fraction of sp³-hybridized carbons (Fsp3) is 0.500. The van der Waals surface area contributed by atoms with Crippen molar-refractivity contribution in [3.05, 3.63) is 35.9 Å². The van der Waals surface area contributed by atoms with E-state index >= 15 is 0 Å². The zero-order valence-corrected chi connectivity index (χ0v) is 10.8. The lowest BCUT2D eigenvalue weighted by Gasteiger charge is -2.19. The van der Waals surface area contributed by atoms with Gasteiger partial charge in [0.1, 0.15) is 11.6 Å². The Kier molecular flexibility index (Phi) is 2.74. The average molecular weight is 233 g/mol. The highest BCUT2D eigenvalue weighted by molar-refractivity contribution is 5.82. The summed E-state index contributed by atoms with van der Waals surface area (Å²) in [5, 5.41) is 3.21. The van der Waals surface area contributed by atoms with E-state index in [0.717, 1.165) is 5.56 Å². The Bertz CT molecular complexity index is 422. The van der Waals surface area contributed by atoms with Gasteiger partial charge in [0.05, 0.1) is 5.54 Å².